The minimum atomic E-state index is -0.737. The zero-order valence-electron chi connectivity index (χ0n) is 10.4. The molecular weight excluding hydrogens is 228 g/mol. The van der Waals surface area contributed by atoms with Crippen molar-refractivity contribution >= 4 is 11.8 Å². The lowest BCUT2D eigenvalue weighted by atomic mass is 10.4. The number of likely N-dealkylation sites (N-methyl/N-ethyl adjacent to an activating group) is 1. The zero-order valence-corrected chi connectivity index (χ0v) is 10.4. The van der Waals surface area contributed by atoms with Crippen LogP contribution in [0.4, 0.5) is 0 Å². The van der Waals surface area contributed by atoms with Gasteiger partial charge in [-0.3, -0.25) is 9.59 Å². The average Bonchev–Trinajstić information content (AvgIpc) is 2.36. The molecule has 0 aliphatic rings. The van der Waals surface area contributed by atoms with Gasteiger partial charge in [-0.05, 0) is 6.92 Å². The SMILES string of the molecule is CCN(CCO)C(=O)C(=O)NCC(OC)OC. The number of hydrogen-bond acceptors (Lipinski definition) is 5. The molecule has 0 aromatic rings. The van der Waals surface area contributed by atoms with Gasteiger partial charge in [-0.1, -0.05) is 0 Å². The van der Waals surface area contributed by atoms with Crippen LogP contribution in [0.1, 0.15) is 6.92 Å². The van der Waals surface area contributed by atoms with Crippen molar-refractivity contribution < 1.29 is 24.2 Å². The topological polar surface area (TPSA) is 88.1 Å². The molecular formula is C10H20N2O5. The van der Waals surface area contributed by atoms with Crippen LogP contribution in [0.3, 0.4) is 0 Å². The molecule has 0 heterocycles. The van der Waals surface area contributed by atoms with Crippen LogP contribution < -0.4 is 5.32 Å². The summed E-state index contributed by atoms with van der Waals surface area (Å²) >= 11 is 0. The monoisotopic (exact) mass is 248 g/mol. The molecule has 0 bridgehead atoms. The molecule has 0 aliphatic carbocycles. The molecule has 2 amide bonds. The highest BCUT2D eigenvalue weighted by atomic mass is 16.7. The molecule has 0 saturated heterocycles. The molecule has 0 unspecified atom stereocenters. The van der Waals surface area contributed by atoms with Crippen LogP contribution in [0.15, 0.2) is 0 Å². The van der Waals surface area contributed by atoms with Crippen molar-refractivity contribution in [1.29, 1.82) is 0 Å². The molecule has 0 radical (unpaired) electrons. The van der Waals surface area contributed by atoms with Crippen molar-refractivity contribution in [3.63, 3.8) is 0 Å². The molecule has 0 fully saturated rings. The number of aliphatic hydroxyl groups is 1. The highest BCUT2D eigenvalue weighted by molar-refractivity contribution is 6.35. The first-order valence-electron chi connectivity index (χ1n) is 5.34. The minimum absolute atomic E-state index is 0.0915. The van der Waals surface area contributed by atoms with Crippen LogP contribution in [0, 0.1) is 0 Å². The molecule has 0 aromatic heterocycles. The second-order valence-electron chi connectivity index (χ2n) is 3.22. The third-order valence-electron chi connectivity index (χ3n) is 2.19. The minimum Gasteiger partial charge on any atom is -0.395 e. The highest BCUT2D eigenvalue weighted by Gasteiger charge is 2.20. The Kier molecular flexibility index (Phi) is 8.29. The highest BCUT2D eigenvalue weighted by Crippen LogP contribution is 1.91. The van der Waals surface area contributed by atoms with Crippen molar-refractivity contribution in [1.82, 2.24) is 10.2 Å². The smallest absolute Gasteiger partial charge is 0.311 e. The molecule has 17 heavy (non-hydrogen) atoms. The lowest BCUT2D eigenvalue weighted by molar-refractivity contribution is -0.148. The fourth-order valence-electron chi connectivity index (χ4n) is 1.18. The first kappa shape index (κ1) is 15.8. The summed E-state index contributed by atoms with van der Waals surface area (Å²) in [7, 11) is 2.87. The average molecular weight is 248 g/mol. The Labute approximate surface area is 101 Å². The van der Waals surface area contributed by atoms with Gasteiger partial charge in [0.2, 0.25) is 0 Å². The number of nitrogens with one attached hydrogen (secondary N) is 1. The van der Waals surface area contributed by atoms with E-state index in [1.807, 2.05) is 0 Å². The van der Waals surface area contributed by atoms with Gasteiger partial charge >= 0.3 is 11.8 Å². The molecule has 0 aromatic carbocycles. The summed E-state index contributed by atoms with van der Waals surface area (Å²) in [6.45, 7) is 2.15. The Morgan fingerprint density at radius 2 is 1.94 bits per heavy atom. The van der Waals surface area contributed by atoms with Gasteiger partial charge in [0.05, 0.1) is 13.2 Å². The van der Waals surface area contributed by atoms with E-state index in [-0.39, 0.29) is 19.7 Å². The largest absolute Gasteiger partial charge is 0.395 e. The number of ether oxygens (including phenoxy) is 2. The van der Waals surface area contributed by atoms with Crippen LogP contribution in [0.25, 0.3) is 0 Å². The van der Waals surface area contributed by atoms with E-state index in [4.69, 9.17) is 14.6 Å². The number of amides is 2. The summed E-state index contributed by atoms with van der Waals surface area (Å²) in [4.78, 5) is 24.3. The van der Waals surface area contributed by atoms with E-state index in [0.29, 0.717) is 6.54 Å². The van der Waals surface area contributed by atoms with Gasteiger partial charge < -0.3 is 24.8 Å². The number of carbonyl (C=O) groups excluding carboxylic acids is 2. The Morgan fingerprint density at radius 1 is 1.35 bits per heavy atom. The third-order valence-corrected chi connectivity index (χ3v) is 2.19. The van der Waals surface area contributed by atoms with Crippen molar-refractivity contribution in [2.24, 2.45) is 0 Å². The molecule has 0 rings (SSSR count). The van der Waals surface area contributed by atoms with Crippen LogP contribution in [0.2, 0.25) is 0 Å². The van der Waals surface area contributed by atoms with Gasteiger partial charge in [-0.25, -0.2) is 0 Å². The van der Waals surface area contributed by atoms with Crippen LogP contribution >= 0.6 is 0 Å². The summed E-state index contributed by atoms with van der Waals surface area (Å²) in [6.07, 6.45) is -0.584. The van der Waals surface area contributed by atoms with Gasteiger partial charge in [-0.15, -0.1) is 0 Å². The van der Waals surface area contributed by atoms with Gasteiger partial charge in [0.15, 0.2) is 6.29 Å². The second-order valence-corrected chi connectivity index (χ2v) is 3.22. The fraction of sp³-hybridized carbons (Fsp3) is 0.800. The van der Waals surface area contributed by atoms with Gasteiger partial charge in [0, 0.05) is 27.3 Å². The Hall–Kier alpha value is -1.18. The van der Waals surface area contributed by atoms with Crippen LogP contribution in [-0.2, 0) is 19.1 Å². The molecule has 0 aliphatic heterocycles. The number of aliphatic hydroxyl groups excluding tert-OH is 1. The van der Waals surface area contributed by atoms with E-state index in [1.165, 1.54) is 19.1 Å². The molecule has 0 saturated carbocycles. The molecule has 100 valence electrons. The maximum absolute atomic E-state index is 11.6. The number of rotatable bonds is 7. The van der Waals surface area contributed by atoms with Crippen LogP contribution in [0.5, 0.6) is 0 Å². The quantitative estimate of drug-likeness (QED) is 0.425. The van der Waals surface area contributed by atoms with Crippen molar-refractivity contribution in [3.8, 4) is 0 Å². The maximum Gasteiger partial charge on any atom is 0.311 e. The summed E-state index contributed by atoms with van der Waals surface area (Å²) in [6, 6.07) is 0. The van der Waals surface area contributed by atoms with Crippen LogP contribution in [-0.4, -0.2) is 68.6 Å². The second kappa shape index (κ2) is 8.91. The predicted molar refractivity (Wildman–Crippen MR) is 60.2 cm³/mol. The first-order chi connectivity index (χ1) is 8.10. The van der Waals surface area contributed by atoms with Crippen molar-refractivity contribution in [2.45, 2.75) is 13.2 Å². The summed E-state index contributed by atoms with van der Waals surface area (Å²) < 4.78 is 9.72. The number of methoxy groups -OCH3 is 2. The molecule has 7 heteroatoms. The summed E-state index contributed by atoms with van der Waals surface area (Å²) in [5.41, 5.74) is 0. The van der Waals surface area contributed by atoms with E-state index >= 15 is 0 Å². The lowest BCUT2D eigenvalue weighted by Crippen LogP contribution is -2.46. The standard InChI is InChI=1S/C10H20N2O5/c1-4-12(5-6-13)10(15)9(14)11-7-8(16-2)17-3/h8,13H,4-7H2,1-3H3,(H,11,14). The Bertz CT molecular complexity index is 243. The number of carbonyl (C=O) groups is 2. The van der Waals surface area contributed by atoms with Gasteiger partial charge in [-0.2, -0.15) is 0 Å². The van der Waals surface area contributed by atoms with Crippen molar-refractivity contribution in [3.05, 3.63) is 0 Å². The summed E-state index contributed by atoms with van der Waals surface area (Å²) in [5, 5.41) is 11.1. The van der Waals surface area contributed by atoms with Crippen molar-refractivity contribution in [2.75, 3.05) is 40.5 Å². The number of nitrogens with zero attached hydrogens (tertiary/aromatic N) is 1. The normalized spacial score (nSPS) is 10.4. The Balaban J connectivity index is 4.16. The number of hydrogen-bond donors (Lipinski definition) is 2. The zero-order chi connectivity index (χ0) is 13.3. The van der Waals surface area contributed by atoms with E-state index in [2.05, 4.69) is 5.32 Å². The van der Waals surface area contributed by atoms with Gasteiger partial charge in [0.25, 0.3) is 0 Å². The molecule has 2 N–H and O–H groups in total. The van der Waals surface area contributed by atoms with E-state index < -0.39 is 18.1 Å². The first-order valence-corrected chi connectivity index (χ1v) is 5.34. The summed E-state index contributed by atoms with van der Waals surface area (Å²) in [5.74, 6) is -1.41. The van der Waals surface area contributed by atoms with E-state index in [1.54, 1.807) is 6.92 Å². The fourth-order valence-corrected chi connectivity index (χ4v) is 1.18. The molecule has 0 spiro atoms. The lowest BCUT2D eigenvalue weighted by Gasteiger charge is -2.19. The third kappa shape index (κ3) is 5.62. The molecule has 7 nitrogen and oxygen atoms in total. The van der Waals surface area contributed by atoms with Gasteiger partial charge in [0.1, 0.15) is 0 Å². The van der Waals surface area contributed by atoms with E-state index in [0.717, 1.165) is 0 Å². The predicted octanol–water partition coefficient (Wildman–Crippen LogP) is -1.44. The molecule has 0 atom stereocenters. The maximum atomic E-state index is 11.6. The van der Waals surface area contributed by atoms with E-state index in [9.17, 15) is 9.59 Å². The Morgan fingerprint density at radius 3 is 2.35 bits per heavy atom.